The fourth-order valence-corrected chi connectivity index (χ4v) is 3.97. The van der Waals surface area contributed by atoms with Crippen molar-refractivity contribution in [1.29, 1.82) is 0 Å². The highest BCUT2D eigenvalue weighted by Gasteiger charge is 2.53. The molecule has 148 valence electrons. The molecule has 0 spiro atoms. The van der Waals surface area contributed by atoms with Gasteiger partial charge in [0.25, 0.3) is 0 Å². The Morgan fingerprint density at radius 1 is 1.25 bits per heavy atom. The molecule has 3 N–H and O–H groups in total. The normalized spacial score (nSPS) is 27.6. The fourth-order valence-electron chi connectivity index (χ4n) is 3.78. The molecule has 0 radical (unpaired) electrons. The summed E-state index contributed by atoms with van der Waals surface area (Å²) in [7, 11) is 0. The van der Waals surface area contributed by atoms with E-state index >= 15 is 0 Å². The Labute approximate surface area is 167 Å². The van der Waals surface area contributed by atoms with E-state index in [0.29, 0.717) is 22.7 Å². The zero-order valence-corrected chi connectivity index (χ0v) is 16.3. The van der Waals surface area contributed by atoms with Gasteiger partial charge in [-0.2, -0.15) is 0 Å². The number of aliphatic hydroxyl groups excluding tert-OH is 2. The third-order valence-corrected chi connectivity index (χ3v) is 5.79. The predicted molar refractivity (Wildman–Crippen MR) is 104 cm³/mol. The lowest BCUT2D eigenvalue weighted by molar-refractivity contribution is -0.0627. The van der Waals surface area contributed by atoms with Gasteiger partial charge in [0, 0.05) is 23.0 Å². The Hall–Kier alpha value is -2.03. The Balaban J connectivity index is 1.67. The molecule has 0 saturated carbocycles. The van der Waals surface area contributed by atoms with Crippen LogP contribution in [0.15, 0.2) is 36.8 Å². The highest BCUT2D eigenvalue weighted by atomic mass is 35.5. The fraction of sp³-hybridized carbons (Fsp3) is 0.400. The molecule has 0 unspecified atom stereocenters. The summed E-state index contributed by atoms with van der Waals surface area (Å²) in [4.78, 5) is 8.49. The number of halogens is 1. The van der Waals surface area contributed by atoms with E-state index in [1.54, 1.807) is 35.9 Å². The molecule has 2 aromatic heterocycles. The minimum atomic E-state index is -1.49. The summed E-state index contributed by atoms with van der Waals surface area (Å²) >= 11 is 6.00. The Morgan fingerprint density at radius 2 is 2.04 bits per heavy atom. The number of hydrogen-bond donors (Lipinski definition) is 3. The van der Waals surface area contributed by atoms with Crippen LogP contribution in [0.1, 0.15) is 30.0 Å². The Kier molecular flexibility index (Phi) is 4.89. The molecule has 0 amide bonds. The summed E-state index contributed by atoms with van der Waals surface area (Å²) in [5.41, 5.74) is 1.44. The Morgan fingerprint density at radius 3 is 2.79 bits per heavy atom. The smallest absolute Gasteiger partial charge is 0.164 e. The first-order valence-electron chi connectivity index (χ1n) is 9.05. The average Bonchev–Trinajstić information content (AvgIpc) is 3.18. The van der Waals surface area contributed by atoms with Crippen molar-refractivity contribution in [1.82, 2.24) is 14.5 Å². The van der Waals surface area contributed by atoms with Crippen LogP contribution in [0.3, 0.4) is 0 Å². The molecule has 1 aliphatic heterocycles. The van der Waals surface area contributed by atoms with Gasteiger partial charge in [-0.1, -0.05) is 17.7 Å². The van der Waals surface area contributed by atoms with Crippen molar-refractivity contribution in [3.63, 3.8) is 0 Å². The molecular formula is C20H22ClN3O4. The summed E-state index contributed by atoms with van der Waals surface area (Å²) in [6, 6.07) is 7.08. The largest absolute Gasteiger partial charge is 0.392 e. The van der Waals surface area contributed by atoms with Gasteiger partial charge in [-0.15, -0.1) is 0 Å². The van der Waals surface area contributed by atoms with Gasteiger partial charge >= 0.3 is 0 Å². The topological polar surface area (TPSA) is 101 Å². The van der Waals surface area contributed by atoms with Crippen molar-refractivity contribution in [3.05, 3.63) is 58.6 Å². The number of benzene rings is 1. The van der Waals surface area contributed by atoms with Gasteiger partial charge in [0.1, 0.15) is 23.7 Å². The first-order chi connectivity index (χ1) is 13.3. The minimum Gasteiger partial charge on any atom is -0.392 e. The maximum absolute atomic E-state index is 11.0. The average molecular weight is 404 g/mol. The lowest BCUT2D eigenvalue weighted by Crippen LogP contribution is -2.45. The van der Waals surface area contributed by atoms with E-state index in [-0.39, 0.29) is 6.61 Å². The first kappa shape index (κ1) is 19.3. The van der Waals surface area contributed by atoms with Gasteiger partial charge in [-0.3, -0.25) is 0 Å². The second kappa shape index (κ2) is 7.09. The van der Waals surface area contributed by atoms with Crippen LogP contribution >= 0.6 is 11.6 Å². The molecule has 3 aromatic rings. The van der Waals surface area contributed by atoms with E-state index in [0.717, 1.165) is 16.6 Å². The third-order valence-electron chi connectivity index (χ3n) is 5.55. The van der Waals surface area contributed by atoms with Crippen LogP contribution in [0.2, 0.25) is 5.02 Å². The summed E-state index contributed by atoms with van der Waals surface area (Å²) in [6.07, 6.45) is 0.928. The SMILES string of the molecule is Cc1ncnc2c1ccn2[C@@H]1O[C@H](Cc2ccc(Cl)cc2CO)[C@@](C)(O)[C@H]1O. The molecule has 7 nitrogen and oxygen atoms in total. The standard InChI is InChI=1S/C20H22ClN3O4/c1-11-15-5-6-24(18(15)23-10-22-11)19-17(26)20(2,27)16(28-19)8-12-3-4-14(21)7-13(12)9-25/h3-7,10,16-17,19,25-27H,8-9H2,1-2H3/t16-,17+,19-,20-/m1/s1. The molecule has 0 bridgehead atoms. The summed E-state index contributed by atoms with van der Waals surface area (Å²) in [5.74, 6) is 0. The van der Waals surface area contributed by atoms with Crippen molar-refractivity contribution < 1.29 is 20.1 Å². The number of nitrogens with zero attached hydrogens (tertiary/aromatic N) is 3. The number of ether oxygens (including phenoxy) is 1. The summed E-state index contributed by atoms with van der Waals surface area (Å²) < 4.78 is 7.82. The second-order valence-electron chi connectivity index (χ2n) is 7.38. The summed E-state index contributed by atoms with van der Waals surface area (Å²) in [5, 5.41) is 32.8. The van der Waals surface area contributed by atoms with Crippen molar-refractivity contribution in [2.45, 2.75) is 50.9 Å². The van der Waals surface area contributed by atoms with Crippen molar-refractivity contribution in [2.75, 3.05) is 0 Å². The first-order valence-corrected chi connectivity index (χ1v) is 9.43. The van der Waals surface area contributed by atoms with Crippen LogP contribution in [0, 0.1) is 6.92 Å². The van der Waals surface area contributed by atoms with Gasteiger partial charge in [0.15, 0.2) is 6.23 Å². The van der Waals surface area contributed by atoms with Crippen LogP contribution in [0.5, 0.6) is 0 Å². The predicted octanol–water partition coefficient (Wildman–Crippen LogP) is 2.14. The molecule has 1 fully saturated rings. The van der Waals surface area contributed by atoms with E-state index in [9.17, 15) is 15.3 Å². The monoisotopic (exact) mass is 403 g/mol. The number of fused-ring (bicyclic) bond motifs is 1. The number of aliphatic hydroxyl groups is 3. The van der Waals surface area contributed by atoms with Gasteiger partial charge in [-0.25, -0.2) is 9.97 Å². The third kappa shape index (κ3) is 3.09. The lowest BCUT2D eigenvalue weighted by atomic mass is 9.89. The zero-order chi connectivity index (χ0) is 20.1. The maximum atomic E-state index is 11.0. The van der Waals surface area contributed by atoms with Crippen LogP contribution in [0.4, 0.5) is 0 Å². The van der Waals surface area contributed by atoms with Crippen molar-refractivity contribution >= 4 is 22.6 Å². The number of rotatable bonds is 4. The molecule has 4 atom stereocenters. The van der Waals surface area contributed by atoms with E-state index in [2.05, 4.69) is 9.97 Å². The van der Waals surface area contributed by atoms with Crippen LogP contribution in [-0.2, 0) is 17.8 Å². The molecule has 1 aliphatic rings. The van der Waals surface area contributed by atoms with Crippen LogP contribution in [0.25, 0.3) is 11.0 Å². The van der Waals surface area contributed by atoms with Gasteiger partial charge in [0.05, 0.1) is 18.4 Å². The van der Waals surface area contributed by atoms with Gasteiger partial charge in [0.2, 0.25) is 0 Å². The number of aryl methyl sites for hydroxylation is 1. The van der Waals surface area contributed by atoms with Crippen molar-refractivity contribution in [3.8, 4) is 0 Å². The van der Waals surface area contributed by atoms with Gasteiger partial charge in [-0.05, 0) is 43.2 Å². The van der Waals surface area contributed by atoms with E-state index in [1.807, 2.05) is 13.0 Å². The van der Waals surface area contributed by atoms with Gasteiger partial charge < -0.3 is 24.6 Å². The summed E-state index contributed by atoms with van der Waals surface area (Å²) in [6.45, 7) is 3.27. The number of hydrogen-bond acceptors (Lipinski definition) is 6. The molecule has 1 aromatic carbocycles. The zero-order valence-electron chi connectivity index (χ0n) is 15.6. The molecule has 8 heteroatoms. The molecular weight excluding hydrogens is 382 g/mol. The highest BCUT2D eigenvalue weighted by molar-refractivity contribution is 6.30. The molecule has 28 heavy (non-hydrogen) atoms. The minimum absolute atomic E-state index is 0.171. The second-order valence-corrected chi connectivity index (χ2v) is 7.82. The van der Waals surface area contributed by atoms with E-state index < -0.39 is 24.0 Å². The Bertz CT molecular complexity index is 1020. The van der Waals surface area contributed by atoms with E-state index in [4.69, 9.17) is 16.3 Å². The highest BCUT2D eigenvalue weighted by Crippen LogP contribution is 2.40. The molecule has 4 rings (SSSR count). The molecule has 1 saturated heterocycles. The van der Waals surface area contributed by atoms with Crippen LogP contribution in [-0.4, -0.2) is 47.7 Å². The molecule has 0 aliphatic carbocycles. The number of aromatic nitrogens is 3. The molecule has 3 heterocycles. The van der Waals surface area contributed by atoms with Crippen LogP contribution < -0.4 is 0 Å². The van der Waals surface area contributed by atoms with Crippen molar-refractivity contribution in [2.24, 2.45) is 0 Å². The maximum Gasteiger partial charge on any atom is 0.164 e. The quantitative estimate of drug-likeness (QED) is 0.617. The van der Waals surface area contributed by atoms with E-state index in [1.165, 1.54) is 6.33 Å². The lowest BCUT2D eigenvalue weighted by Gasteiger charge is -2.27.